The number of nitrogens with zero attached hydrogens (tertiary/aromatic N) is 1. The van der Waals surface area contributed by atoms with E-state index in [1.165, 1.54) is 18.3 Å². The van der Waals surface area contributed by atoms with Gasteiger partial charge in [0.2, 0.25) is 0 Å². The molecular formula is C12H9BrFN3O. The lowest BCUT2D eigenvalue weighted by atomic mass is 10.2. The van der Waals surface area contributed by atoms with Gasteiger partial charge in [0.1, 0.15) is 5.82 Å². The normalized spacial score (nSPS) is 10.1. The molecule has 0 saturated carbocycles. The van der Waals surface area contributed by atoms with Gasteiger partial charge in [0.25, 0.3) is 5.91 Å². The van der Waals surface area contributed by atoms with Crippen LogP contribution in [0.3, 0.4) is 0 Å². The number of carbonyl (C=O) groups is 1. The Labute approximate surface area is 111 Å². The molecule has 2 aromatic rings. The lowest BCUT2D eigenvalue weighted by molar-refractivity contribution is 0.102. The number of pyridine rings is 1. The Morgan fingerprint density at radius 3 is 2.78 bits per heavy atom. The number of nitrogens with two attached hydrogens (primary N) is 1. The predicted molar refractivity (Wildman–Crippen MR) is 70.7 cm³/mol. The summed E-state index contributed by atoms with van der Waals surface area (Å²) in [5.41, 5.74) is 6.52. The van der Waals surface area contributed by atoms with Crippen LogP contribution in [0.25, 0.3) is 0 Å². The molecule has 1 aromatic carbocycles. The van der Waals surface area contributed by atoms with Crippen LogP contribution in [0.5, 0.6) is 0 Å². The molecule has 0 radical (unpaired) electrons. The highest BCUT2D eigenvalue weighted by molar-refractivity contribution is 9.10. The maximum absolute atomic E-state index is 12.9. The highest BCUT2D eigenvalue weighted by atomic mass is 79.9. The molecule has 1 amide bonds. The number of hydrogen-bond donors (Lipinski definition) is 2. The Morgan fingerprint density at radius 1 is 1.33 bits per heavy atom. The molecule has 1 heterocycles. The fraction of sp³-hybridized carbons (Fsp3) is 0. The number of nitrogen functional groups attached to an aromatic ring is 1. The van der Waals surface area contributed by atoms with Gasteiger partial charge in [-0.2, -0.15) is 0 Å². The Bertz CT molecular complexity index is 604. The van der Waals surface area contributed by atoms with Gasteiger partial charge >= 0.3 is 0 Å². The summed E-state index contributed by atoms with van der Waals surface area (Å²) in [5.74, 6) is -0.809. The molecule has 0 aliphatic carbocycles. The first-order valence-electron chi connectivity index (χ1n) is 5.03. The number of aromatic nitrogens is 1. The van der Waals surface area contributed by atoms with E-state index < -0.39 is 5.82 Å². The van der Waals surface area contributed by atoms with E-state index in [0.717, 1.165) is 6.07 Å². The summed E-state index contributed by atoms with van der Waals surface area (Å²) < 4.78 is 13.5. The molecule has 0 aliphatic rings. The van der Waals surface area contributed by atoms with Crippen molar-refractivity contribution in [2.24, 2.45) is 0 Å². The number of hydrogen-bond acceptors (Lipinski definition) is 3. The van der Waals surface area contributed by atoms with Crippen molar-refractivity contribution in [1.29, 1.82) is 0 Å². The van der Waals surface area contributed by atoms with Crippen molar-refractivity contribution in [3.8, 4) is 0 Å². The zero-order valence-electron chi connectivity index (χ0n) is 9.15. The van der Waals surface area contributed by atoms with Crippen LogP contribution in [-0.2, 0) is 0 Å². The minimum Gasteiger partial charge on any atom is -0.397 e. The Hall–Kier alpha value is -1.95. The van der Waals surface area contributed by atoms with E-state index in [-0.39, 0.29) is 11.6 Å². The van der Waals surface area contributed by atoms with Crippen LogP contribution >= 0.6 is 15.9 Å². The molecule has 6 heteroatoms. The van der Waals surface area contributed by atoms with Gasteiger partial charge < -0.3 is 11.1 Å². The summed E-state index contributed by atoms with van der Waals surface area (Å²) in [6, 6.07) is 5.41. The molecule has 0 spiro atoms. The molecule has 0 bridgehead atoms. The zero-order chi connectivity index (χ0) is 13.1. The van der Waals surface area contributed by atoms with Crippen molar-refractivity contribution >= 4 is 33.2 Å². The van der Waals surface area contributed by atoms with E-state index in [0.29, 0.717) is 15.7 Å². The summed E-state index contributed by atoms with van der Waals surface area (Å²) in [6.45, 7) is 0. The molecule has 92 valence electrons. The van der Waals surface area contributed by atoms with Crippen LogP contribution in [-0.4, -0.2) is 10.9 Å². The standard InChI is InChI=1S/C12H9BrFN3O/c13-8-3-7(5-16-6-8)12(18)17-11-2-1-9(14)4-10(11)15/h1-6H,15H2,(H,17,18). The van der Waals surface area contributed by atoms with Crippen LogP contribution in [0.2, 0.25) is 0 Å². The molecule has 0 unspecified atom stereocenters. The number of anilines is 2. The highest BCUT2D eigenvalue weighted by Crippen LogP contribution is 2.20. The summed E-state index contributed by atoms with van der Waals surface area (Å²) in [4.78, 5) is 15.8. The first-order chi connectivity index (χ1) is 8.56. The minimum atomic E-state index is -0.449. The van der Waals surface area contributed by atoms with E-state index in [9.17, 15) is 9.18 Å². The average Bonchev–Trinajstić information content (AvgIpc) is 2.32. The third-order valence-corrected chi connectivity index (χ3v) is 2.66. The summed E-state index contributed by atoms with van der Waals surface area (Å²) in [7, 11) is 0. The molecular weight excluding hydrogens is 301 g/mol. The first kappa shape index (κ1) is 12.5. The number of nitrogens with one attached hydrogen (secondary N) is 1. The third-order valence-electron chi connectivity index (χ3n) is 2.23. The van der Waals surface area contributed by atoms with E-state index in [4.69, 9.17) is 5.73 Å². The molecule has 0 aliphatic heterocycles. The van der Waals surface area contributed by atoms with Gasteiger partial charge in [0, 0.05) is 16.9 Å². The molecule has 0 atom stereocenters. The van der Waals surface area contributed by atoms with Crippen LogP contribution < -0.4 is 11.1 Å². The molecule has 18 heavy (non-hydrogen) atoms. The number of amides is 1. The topological polar surface area (TPSA) is 68.0 Å². The van der Waals surface area contributed by atoms with Crippen molar-refractivity contribution in [2.75, 3.05) is 11.1 Å². The van der Waals surface area contributed by atoms with Crippen molar-refractivity contribution in [3.05, 3.63) is 52.5 Å². The van der Waals surface area contributed by atoms with E-state index in [1.807, 2.05) is 0 Å². The molecule has 1 aromatic heterocycles. The van der Waals surface area contributed by atoms with Crippen LogP contribution in [0.1, 0.15) is 10.4 Å². The smallest absolute Gasteiger partial charge is 0.257 e. The minimum absolute atomic E-state index is 0.173. The number of benzene rings is 1. The lowest BCUT2D eigenvalue weighted by Crippen LogP contribution is -2.13. The van der Waals surface area contributed by atoms with Gasteiger partial charge in [-0.15, -0.1) is 0 Å². The first-order valence-corrected chi connectivity index (χ1v) is 5.82. The second-order valence-corrected chi connectivity index (χ2v) is 4.49. The summed E-state index contributed by atoms with van der Waals surface area (Å²) in [5, 5.41) is 2.59. The van der Waals surface area contributed by atoms with Gasteiger partial charge in [0.15, 0.2) is 0 Å². The van der Waals surface area contributed by atoms with Gasteiger partial charge in [-0.1, -0.05) is 0 Å². The number of rotatable bonds is 2. The fourth-order valence-corrected chi connectivity index (χ4v) is 1.74. The van der Waals surface area contributed by atoms with Crippen molar-refractivity contribution in [3.63, 3.8) is 0 Å². The number of halogens is 2. The number of carbonyl (C=O) groups excluding carboxylic acids is 1. The lowest BCUT2D eigenvalue weighted by Gasteiger charge is -2.08. The van der Waals surface area contributed by atoms with Crippen molar-refractivity contribution < 1.29 is 9.18 Å². The highest BCUT2D eigenvalue weighted by Gasteiger charge is 2.09. The quantitative estimate of drug-likeness (QED) is 0.838. The van der Waals surface area contributed by atoms with Gasteiger partial charge in [-0.05, 0) is 40.2 Å². The second-order valence-electron chi connectivity index (χ2n) is 3.58. The molecule has 2 rings (SSSR count). The van der Waals surface area contributed by atoms with Gasteiger partial charge in [-0.25, -0.2) is 4.39 Å². The SMILES string of the molecule is Nc1cc(F)ccc1NC(=O)c1cncc(Br)c1. The van der Waals surface area contributed by atoms with E-state index in [2.05, 4.69) is 26.2 Å². The predicted octanol–water partition coefficient (Wildman–Crippen LogP) is 2.82. The average molecular weight is 310 g/mol. The monoisotopic (exact) mass is 309 g/mol. The summed E-state index contributed by atoms with van der Waals surface area (Å²) in [6.07, 6.45) is 3.00. The van der Waals surface area contributed by atoms with Crippen LogP contribution in [0.4, 0.5) is 15.8 Å². The largest absolute Gasteiger partial charge is 0.397 e. The van der Waals surface area contributed by atoms with Crippen LogP contribution in [0, 0.1) is 5.82 Å². The van der Waals surface area contributed by atoms with Crippen molar-refractivity contribution in [2.45, 2.75) is 0 Å². The van der Waals surface area contributed by atoms with E-state index >= 15 is 0 Å². The van der Waals surface area contributed by atoms with E-state index in [1.54, 1.807) is 12.3 Å². The Kier molecular flexibility index (Phi) is 3.57. The zero-order valence-corrected chi connectivity index (χ0v) is 10.7. The van der Waals surface area contributed by atoms with Gasteiger partial charge in [-0.3, -0.25) is 9.78 Å². The molecule has 0 saturated heterocycles. The molecule has 4 nitrogen and oxygen atoms in total. The Morgan fingerprint density at radius 2 is 2.11 bits per heavy atom. The van der Waals surface area contributed by atoms with Crippen LogP contribution in [0.15, 0.2) is 41.1 Å². The maximum atomic E-state index is 12.9. The Balaban J connectivity index is 2.21. The van der Waals surface area contributed by atoms with Crippen molar-refractivity contribution in [1.82, 2.24) is 4.98 Å². The molecule has 3 N–H and O–H groups in total. The maximum Gasteiger partial charge on any atom is 0.257 e. The fourth-order valence-electron chi connectivity index (χ4n) is 1.38. The third kappa shape index (κ3) is 2.84. The van der Waals surface area contributed by atoms with Gasteiger partial charge in [0.05, 0.1) is 16.9 Å². The second kappa shape index (κ2) is 5.14. The summed E-state index contributed by atoms with van der Waals surface area (Å²) >= 11 is 3.22. The molecule has 0 fully saturated rings.